The minimum Gasteiger partial charge on any atom is -0.383 e. The minimum atomic E-state index is 0.626. The summed E-state index contributed by atoms with van der Waals surface area (Å²) in [6, 6.07) is 9.86. The van der Waals surface area contributed by atoms with Crippen molar-refractivity contribution in [3.8, 4) is 16.9 Å². The maximum atomic E-state index is 6.21. The number of anilines is 1. The third kappa shape index (κ3) is 2.60. The third-order valence-electron chi connectivity index (χ3n) is 3.60. The van der Waals surface area contributed by atoms with Gasteiger partial charge in [-0.2, -0.15) is 10.2 Å². The SMILES string of the molecule is COCCn1cc(-c2nn(-c3ccccc3)c(N)c2C)cn1. The molecule has 2 heterocycles. The third-order valence-corrected chi connectivity index (χ3v) is 3.60. The Morgan fingerprint density at radius 3 is 2.73 bits per heavy atom. The normalized spacial score (nSPS) is 11.0. The molecule has 0 atom stereocenters. The van der Waals surface area contributed by atoms with Crippen molar-refractivity contribution in [2.45, 2.75) is 13.5 Å². The highest BCUT2D eigenvalue weighted by molar-refractivity contribution is 5.68. The van der Waals surface area contributed by atoms with E-state index in [2.05, 4.69) is 10.2 Å². The first kappa shape index (κ1) is 14.3. The van der Waals surface area contributed by atoms with E-state index in [1.165, 1.54) is 0 Å². The molecule has 0 saturated carbocycles. The molecule has 3 rings (SSSR count). The highest BCUT2D eigenvalue weighted by atomic mass is 16.5. The molecule has 2 N–H and O–H groups in total. The molecule has 0 aliphatic heterocycles. The average Bonchev–Trinajstić information content (AvgIpc) is 3.12. The Labute approximate surface area is 129 Å². The number of para-hydroxylation sites is 1. The maximum Gasteiger partial charge on any atom is 0.130 e. The van der Waals surface area contributed by atoms with Crippen LogP contribution >= 0.6 is 0 Å². The molecule has 0 fully saturated rings. The van der Waals surface area contributed by atoms with Gasteiger partial charge in [-0.15, -0.1) is 0 Å². The monoisotopic (exact) mass is 297 g/mol. The van der Waals surface area contributed by atoms with Crippen LogP contribution in [0.15, 0.2) is 42.7 Å². The summed E-state index contributed by atoms with van der Waals surface area (Å²) in [5.74, 6) is 0.644. The Morgan fingerprint density at radius 2 is 2.00 bits per heavy atom. The van der Waals surface area contributed by atoms with E-state index in [9.17, 15) is 0 Å². The van der Waals surface area contributed by atoms with Crippen molar-refractivity contribution in [1.82, 2.24) is 19.6 Å². The van der Waals surface area contributed by atoms with E-state index in [4.69, 9.17) is 10.5 Å². The summed E-state index contributed by atoms with van der Waals surface area (Å²) in [6.45, 7) is 3.31. The number of rotatable bonds is 5. The predicted octanol–water partition coefficient (Wildman–Crippen LogP) is 2.27. The molecule has 2 aromatic heterocycles. The largest absolute Gasteiger partial charge is 0.383 e. The molecular weight excluding hydrogens is 278 g/mol. The van der Waals surface area contributed by atoms with Gasteiger partial charge < -0.3 is 10.5 Å². The van der Waals surface area contributed by atoms with Crippen molar-refractivity contribution in [1.29, 1.82) is 0 Å². The molecule has 1 aromatic carbocycles. The topological polar surface area (TPSA) is 70.9 Å². The Kier molecular flexibility index (Phi) is 3.93. The van der Waals surface area contributed by atoms with E-state index < -0.39 is 0 Å². The number of methoxy groups -OCH3 is 1. The van der Waals surface area contributed by atoms with Crippen LogP contribution in [0.5, 0.6) is 0 Å². The van der Waals surface area contributed by atoms with E-state index >= 15 is 0 Å². The zero-order valence-corrected chi connectivity index (χ0v) is 12.7. The molecule has 0 aliphatic carbocycles. The van der Waals surface area contributed by atoms with Crippen molar-refractivity contribution < 1.29 is 4.74 Å². The van der Waals surface area contributed by atoms with Crippen LogP contribution in [0.2, 0.25) is 0 Å². The summed E-state index contributed by atoms with van der Waals surface area (Å²) in [7, 11) is 1.68. The van der Waals surface area contributed by atoms with Gasteiger partial charge in [-0.05, 0) is 19.1 Å². The number of ether oxygens (including phenoxy) is 1. The van der Waals surface area contributed by atoms with Gasteiger partial charge in [0.05, 0.1) is 25.0 Å². The molecule has 3 aromatic rings. The second kappa shape index (κ2) is 6.03. The number of aromatic nitrogens is 4. The molecule has 6 heteroatoms. The molecule has 22 heavy (non-hydrogen) atoms. The van der Waals surface area contributed by atoms with Gasteiger partial charge in [-0.1, -0.05) is 18.2 Å². The smallest absolute Gasteiger partial charge is 0.130 e. The molecule has 0 amide bonds. The van der Waals surface area contributed by atoms with Crippen molar-refractivity contribution in [2.75, 3.05) is 19.5 Å². The lowest BCUT2D eigenvalue weighted by atomic mass is 10.2. The zero-order valence-electron chi connectivity index (χ0n) is 12.7. The summed E-state index contributed by atoms with van der Waals surface area (Å²) in [4.78, 5) is 0. The number of hydrogen-bond donors (Lipinski definition) is 1. The van der Waals surface area contributed by atoms with E-state index in [1.807, 2.05) is 48.1 Å². The van der Waals surface area contributed by atoms with E-state index in [0.29, 0.717) is 19.0 Å². The van der Waals surface area contributed by atoms with Crippen LogP contribution in [-0.4, -0.2) is 33.3 Å². The standard InChI is InChI=1S/C16H19N5O/c1-12-15(13-10-18-20(11-13)8-9-22-2)19-21(16(12)17)14-6-4-3-5-7-14/h3-7,10-11H,8-9,17H2,1-2H3. The van der Waals surface area contributed by atoms with Crippen LogP contribution in [0.3, 0.4) is 0 Å². The summed E-state index contributed by atoms with van der Waals surface area (Å²) in [6.07, 6.45) is 3.77. The van der Waals surface area contributed by atoms with E-state index in [1.54, 1.807) is 18.0 Å². The zero-order chi connectivity index (χ0) is 15.5. The molecule has 114 valence electrons. The Balaban J connectivity index is 1.97. The number of nitrogens with zero attached hydrogens (tertiary/aromatic N) is 4. The van der Waals surface area contributed by atoms with Crippen molar-refractivity contribution in [3.63, 3.8) is 0 Å². The maximum absolute atomic E-state index is 6.21. The van der Waals surface area contributed by atoms with Gasteiger partial charge in [0.15, 0.2) is 0 Å². The minimum absolute atomic E-state index is 0.626. The average molecular weight is 297 g/mol. The van der Waals surface area contributed by atoms with Crippen molar-refractivity contribution in [3.05, 3.63) is 48.3 Å². The quantitative estimate of drug-likeness (QED) is 0.784. The van der Waals surface area contributed by atoms with Crippen LogP contribution < -0.4 is 5.73 Å². The first-order valence-corrected chi connectivity index (χ1v) is 7.13. The van der Waals surface area contributed by atoms with Gasteiger partial charge in [0, 0.05) is 24.4 Å². The summed E-state index contributed by atoms with van der Waals surface area (Å²) < 4.78 is 8.67. The molecular formula is C16H19N5O. The molecule has 0 bridgehead atoms. The van der Waals surface area contributed by atoms with E-state index in [0.717, 1.165) is 22.5 Å². The van der Waals surface area contributed by atoms with Crippen molar-refractivity contribution >= 4 is 5.82 Å². The highest BCUT2D eigenvalue weighted by Gasteiger charge is 2.15. The number of benzene rings is 1. The lowest BCUT2D eigenvalue weighted by Gasteiger charge is -2.02. The Hall–Kier alpha value is -2.60. The van der Waals surface area contributed by atoms with Gasteiger partial charge in [0.2, 0.25) is 0 Å². The fourth-order valence-corrected chi connectivity index (χ4v) is 2.34. The number of nitrogens with two attached hydrogens (primary N) is 1. The second-order valence-corrected chi connectivity index (χ2v) is 5.09. The van der Waals surface area contributed by atoms with Gasteiger partial charge >= 0.3 is 0 Å². The summed E-state index contributed by atoms with van der Waals surface area (Å²) in [5, 5.41) is 8.98. The first-order valence-electron chi connectivity index (χ1n) is 7.13. The van der Waals surface area contributed by atoms with Gasteiger partial charge in [0.1, 0.15) is 11.5 Å². The van der Waals surface area contributed by atoms with E-state index in [-0.39, 0.29) is 0 Å². The second-order valence-electron chi connectivity index (χ2n) is 5.09. The van der Waals surface area contributed by atoms with Crippen LogP contribution in [0.4, 0.5) is 5.82 Å². The van der Waals surface area contributed by atoms with Crippen LogP contribution in [-0.2, 0) is 11.3 Å². The van der Waals surface area contributed by atoms with Crippen molar-refractivity contribution in [2.24, 2.45) is 0 Å². The molecule has 0 spiro atoms. The van der Waals surface area contributed by atoms with Crippen LogP contribution in [0.1, 0.15) is 5.56 Å². The Morgan fingerprint density at radius 1 is 1.23 bits per heavy atom. The molecule has 0 unspecified atom stereocenters. The van der Waals surface area contributed by atoms with Gasteiger partial charge in [-0.3, -0.25) is 4.68 Å². The first-order chi connectivity index (χ1) is 10.7. The summed E-state index contributed by atoms with van der Waals surface area (Å²) in [5.41, 5.74) is 9.92. The highest BCUT2D eigenvalue weighted by Crippen LogP contribution is 2.28. The van der Waals surface area contributed by atoms with Gasteiger partial charge in [0.25, 0.3) is 0 Å². The fourth-order valence-electron chi connectivity index (χ4n) is 2.34. The lowest BCUT2D eigenvalue weighted by molar-refractivity contribution is 0.183. The predicted molar refractivity (Wildman–Crippen MR) is 85.8 cm³/mol. The molecule has 6 nitrogen and oxygen atoms in total. The number of hydrogen-bond acceptors (Lipinski definition) is 4. The van der Waals surface area contributed by atoms with Crippen LogP contribution in [0.25, 0.3) is 16.9 Å². The lowest BCUT2D eigenvalue weighted by Crippen LogP contribution is -2.03. The molecule has 0 radical (unpaired) electrons. The van der Waals surface area contributed by atoms with Crippen LogP contribution in [0, 0.1) is 6.92 Å². The molecule has 0 aliphatic rings. The number of nitrogen functional groups attached to an aromatic ring is 1. The fraction of sp³-hybridized carbons (Fsp3) is 0.250. The summed E-state index contributed by atoms with van der Waals surface area (Å²) >= 11 is 0. The Bertz CT molecular complexity index is 760. The molecule has 0 saturated heterocycles. The van der Waals surface area contributed by atoms with Gasteiger partial charge in [-0.25, -0.2) is 4.68 Å².